The molecule has 3 aromatic rings. The molecular formula is C27H36N6O7S2. The number of thiazole rings is 1. The van der Waals surface area contributed by atoms with Crippen LogP contribution in [0.4, 0.5) is 9.93 Å². The maximum Gasteiger partial charge on any atom is 0.407 e. The van der Waals surface area contributed by atoms with Crippen LogP contribution in [0, 0.1) is 0 Å². The summed E-state index contributed by atoms with van der Waals surface area (Å²) < 4.78 is 35.0. The highest BCUT2D eigenvalue weighted by Gasteiger charge is 2.33. The van der Waals surface area contributed by atoms with Crippen LogP contribution in [0.1, 0.15) is 58.0 Å². The maximum absolute atomic E-state index is 13.7. The Morgan fingerprint density at radius 2 is 1.88 bits per heavy atom. The first-order valence-corrected chi connectivity index (χ1v) is 16.2. The molecule has 0 saturated carbocycles. The predicted octanol–water partition coefficient (Wildman–Crippen LogP) is 2.70. The first kappa shape index (κ1) is 31.4. The summed E-state index contributed by atoms with van der Waals surface area (Å²) in [7, 11) is -3.84. The Morgan fingerprint density at radius 1 is 1.17 bits per heavy atom. The summed E-state index contributed by atoms with van der Waals surface area (Å²) in [5.74, 6) is -0.0738. The Hall–Kier alpha value is -3.56. The van der Waals surface area contributed by atoms with Crippen molar-refractivity contribution >= 4 is 48.9 Å². The quantitative estimate of drug-likeness (QED) is 0.322. The van der Waals surface area contributed by atoms with Gasteiger partial charge in [-0.2, -0.15) is 8.42 Å². The van der Waals surface area contributed by atoms with Crippen LogP contribution in [0.2, 0.25) is 0 Å². The first-order chi connectivity index (χ1) is 19.7. The largest absolute Gasteiger partial charge is 0.444 e. The Kier molecular flexibility index (Phi) is 9.53. The zero-order valence-corrected chi connectivity index (χ0v) is 25.9. The zero-order chi connectivity index (χ0) is 30.7. The van der Waals surface area contributed by atoms with Gasteiger partial charge in [-0.1, -0.05) is 41.7 Å². The highest BCUT2D eigenvalue weighted by atomic mass is 32.2. The molecule has 3 heterocycles. The normalized spacial score (nSPS) is 16.4. The minimum Gasteiger partial charge on any atom is -0.444 e. The van der Waals surface area contributed by atoms with Crippen LogP contribution in [0.5, 0.6) is 0 Å². The fraction of sp³-hybridized carbons (Fsp3) is 0.519. The molecule has 1 fully saturated rings. The molecule has 2 atom stereocenters. The number of aromatic nitrogens is 3. The molecule has 0 aliphatic carbocycles. The van der Waals surface area contributed by atoms with E-state index in [1.165, 1.54) is 4.57 Å². The minimum absolute atomic E-state index is 0.000655. The van der Waals surface area contributed by atoms with Crippen molar-refractivity contribution in [1.82, 2.24) is 25.2 Å². The Morgan fingerprint density at radius 3 is 2.55 bits per heavy atom. The summed E-state index contributed by atoms with van der Waals surface area (Å²) in [6.45, 7) is 7.37. The van der Waals surface area contributed by atoms with Crippen LogP contribution >= 0.6 is 11.3 Å². The molecule has 4 rings (SSSR count). The van der Waals surface area contributed by atoms with Gasteiger partial charge in [0.1, 0.15) is 24.1 Å². The number of alkyl carbamates (subject to hydrolysis) is 1. The van der Waals surface area contributed by atoms with Gasteiger partial charge in [0.2, 0.25) is 5.91 Å². The summed E-state index contributed by atoms with van der Waals surface area (Å²) in [6, 6.07) is 8.51. The van der Waals surface area contributed by atoms with Gasteiger partial charge in [0.05, 0.1) is 12.3 Å². The number of nitrogens with one attached hydrogen (secondary N) is 2. The predicted molar refractivity (Wildman–Crippen MR) is 159 cm³/mol. The summed E-state index contributed by atoms with van der Waals surface area (Å²) in [4.78, 5) is 50.3. The minimum atomic E-state index is -3.84. The summed E-state index contributed by atoms with van der Waals surface area (Å²) in [5, 5.41) is 6.08. The van der Waals surface area contributed by atoms with Gasteiger partial charge in [-0.15, -0.1) is 0 Å². The lowest BCUT2D eigenvalue weighted by atomic mass is 10.2. The van der Waals surface area contributed by atoms with E-state index in [0.717, 1.165) is 29.6 Å². The van der Waals surface area contributed by atoms with E-state index in [1.54, 1.807) is 27.7 Å². The number of hydrogen-bond acceptors (Lipinski definition) is 11. The average molecular weight is 621 g/mol. The molecule has 1 aliphatic rings. The molecule has 1 aliphatic heterocycles. The molecule has 0 unspecified atom stereocenters. The average Bonchev–Trinajstić information content (AvgIpc) is 3.56. The standard InChI is InChI=1S/C27H36N6O7S2/c1-17(14-29-26(36)40-27(2,3)4)33-20(16-39-42(5,37)38)30-23-21(24(33)35)31-25(41-23)32-13-9-12-19(32)22(34)28-15-18-10-7-6-8-11-18/h6-8,10-11,17,19H,9,12-16H2,1-5H3,(H,28,34)(H,29,36)/t17-,19-/m1/s1. The summed E-state index contributed by atoms with van der Waals surface area (Å²) in [6.07, 6.45) is 1.65. The molecule has 13 nitrogen and oxygen atoms in total. The van der Waals surface area contributed by atoms with Crippen molar-refractivity contribution in [3.8, 4) is 0 Å². The third-order valence-electron chi connectivity index (χ3n) is 6.42. The Balaban J connectivity index is 1.61. The molecule has 0 radical (unpaired) electrons. The molecule has 15 heteroatoms. The number of anilines is 1. The third kappa shape index (κ3) is 8.04. The lowest BCUT2D eigenvalue weighted by Crippen LogP contribution is -2.43. The highest BCUT2D eigenvalue weighted by Crippen LogP contribution is 2.32. The van der Waals surface area contributed by atoms with E-state index in [-0.39, 0.29) is 23.8 Å². The van der Waals surface area contributed by atoms with Crippen LogP contribution < -0.4 is 21.1 Å². The molecule has 0 spiro atoms. The Labute approximate surface area is 248 Å². The van der Waals surface area contributed by atoms with Crippen LogP contribution in [0.15, 0.2) is 35.1 Å². The van der Waals surface area contributed by atoms with Crippen molar-refractivity contribution in [1.29, 1.82) is 0 Å². The summed E-state index contributed by atoms with van der Waals surface area (Å²) >= 11 is 1.15. The number of carbonyl (C=O) groups excluding carboxylic acids is 2. The van der Waals surface area contributed by atoms with Crippen molar-refractivity contribution in [2.45, 2.75) is 71.4 Å². The number of amides is 2. The van der Waals surface area contributed by atoms with E-state index < -0.39 is 46.1 Å². The van der Waals surface area contributed by atoms with Crippen molar-refractivity contribution in [2.24, 2.45) is 0 Å². The zero-order valence-electron chi connectivity index (χ0n) is 24.2. The topological polar surface area (TPSA) is 162 Å². The number of rotatable bonds is 10. The number of nitrogens with zero attached hydrogens (tertiary/aromatic N) is 4. The van der Waals surface area contributed by atoms with E-state index in [0.29, 0.717) is 29.5 Å². The van der Waals surface area contributed by atoms with E-state index >= 15 is 0 Å². The van der Waals surface area contributed by atoms with E-state index in [1.807, 2.05) is 35.2 Å². The van der Waals surface area contributed by atoms with Gasteiger partial charge < -0.3 is 20.3 Å². The molecule has 1 saturated heterocycles. The van der Waals surface area contributed by atoms with Crippen LogP contribution in [0.3, 0.4) is 0 Å². The third-order valence-corrected chi connectivity index (χ3v) is 7.95. The van der Waals surface area contributed by atoms with Gasteiger partial charge in [-0.05, 0) is 46.1 Å². The molecule has 228 valence electrons. The van der Waals surface area contributed by atoms with Crippen LogP contribution in [0.25, 0.3) is 10.3 Å². The molecule has 2 aromatic heterocycles. The van der Waals surface area contributed by atoms with Crippen molar-refractivity contribution in [3.05, 3.63) is 52.1 Å². The summed E-state index contributed by atoms with van der Waals surface area (Å²) in [5.41, 5.74) is -0.156. The molecule has 2 N–H and O–H groups in total. The fourth-order valence-corrected chi connectivity index (χ4v) is 5.91. The van der Waals surface area contributed by atoms with Crippen molar-refractivity contribution in [2.75, 3.05) is 24.2 Å². The SMILES string of the molecule is C[C@H](CNC(=O)OC(C)(C)C)n1c(COS(C)(=O)=O)nc2sc(N3CCC[C@@H]3C(=O)NCc3ccccc3)nc2c1=O. The number of ether oxygens (including phenoxy) is 1. The maximum atomic E-state index is 13.7. The lowest BCUT2D eigenvalue weighted by Gasteiger charge is -2.23. The van der Waals surface area contributed by atoms with Gasteiger partial charge >= 0.3 is 6.09 Å². The monoisotopic (exact) mass is 620 g/mol. The molecule has 1 aromatic carbocycles. The van der Waals surface area contributed by atoms with Crippen molar-refractivity contribution < 1.29 is 26.9 Å². The second kappa shape index (κ2) is 12.8. The van der Waals surface area contributed by atoms with Gasteiger partial charge in [0, 0.05) is 19.6 Å². The number of fused-ring (bicyclic) bond motifs is 1. The molecule has 42 heavy (non-hydrogen) atoms. The van der Waals surface area contributed by atoms with Crippen LogP contribution in [-0.2, 0) is 37.0 Å². The number of hydrogen-bond donors (Lipinski definition) is 2. The Bertz CT molecular complexity index is 1600. The van der Waals surface area contributed by atoms with Gasteiger partial charge in [0.15, 0.2) is 15.5 Å². The second-order valence-corrected chi connectivity index (χ2v) is 13.7. The van der Waals surface area contributed by atoms with E-state index in [4.69, 9.17) is 8.92 Å². The number of benzene rings is 1. The van der Waals surface area contributed by atoms with Crippen LogP contribution in [-0.4, -0.2) is 65.9 Å². The van der Waals surface area contributed by atoms with Crippen molar-refractivity contribution in [3.63, 3.8) is 0 Å². The first-order valence-electron chi connectivity index (χ1n) is 13.5. The highest BCUT2D eigenvalue weighted by molar-refractivity contribution is 7.85. The van der Waals surface area contributed by atoms with Gasteiger partial charge in [-0.25, -0.2) is 14.8 Å². The lowest BCUT2D eigenvalue weighted by molar-refractivity contribution is -0.122. The fourth-order valence-electron chi connectivity index (χ4n) is 4.57. The van der Waals surface area contributed by atoms with Gasteiger partial charge in [-0.3, -0.25) is 18.3 Å². The van der Waals surface area contributed by atoms with Gasteiger partial charge in [0.25, 0.3) is 15.7 Å². The molecular weight excluding hydrogens is 584 g/mol. The number of carbonyl (C=O) groups is 2. The smallest absolute Gasteiger partial charge is 0.407 e. The molecule has 0 bridgehead atoms. The molecule has 2 amide bonds. The van der Waals surface area contributed by atoms with E-state index in [9.17, 15) is 22.8 Å². The van der Waals surface area contributed by atoms with E-state index in [2.05, 4.69) is 20.6 Å². The second-order valence-electron chi connectivity index (χ2n) is 11.1.